The lowest BCUT2D eigenvalue weighted by molar-refractivity contribution is 0.0944. The Kier molecular flexibility index (Phi) is 7.10. The molecule has 148 valence electrons. The molecule has 1 aromatic carbocycles. The molecule has 0 radical (unpaired) electrons. The number of aromatic nitrogens is 2. The number of hydrogen-bond acceptors (Lipinski definition) is 5. The Hall–Kier alpha value is -2.25. The Morgan fingerprint density at radius 1 is 1.30 bits per heavy atom. The van der Waals surface area contributed by atoms with E-state index in [0.29, 0.717) is 43.5 Å². The minimum Gasteiger partial charge on any atom is -0.393 e. The van der Waals surface area contributed by atoms with E-state index in [1.165, 1.54) is 0 Å². The van der Waals surface area contributed by atoms with E-state index in [1.807, 2.05) is 51.9 Å². The predicted molar refractivity (Wildman–Crippen MR) is 107 cm³/mol. The normalized spacial score (nSPS) is 12.6. The second-order valence-electron chi connectivity index (χ2n) is 7.25. The van der Waals surface area contributed by atoms with Gasteiger partial charge >= 0.3 is 0 Å². The number of rotatable bonds is 8. The van der Waals surface area contributed by atoms with Gasteiger partial charge in [-0.15, -0.1) is 0 Å². The third-order valence-corrected chi connectivity index (χ3v) is 4.78. The molecule has 1 atom stereocenters. The van der Waals surface area contributed by atoms with Gasteiger partial charge in [-0.05, 0) is 64.0 Å². The van der Waals surface area contributed by atoms with Gasteiger partial charge in [-0.25, -0.2) is 4.98 Å². The maximum atomic E-state index is 13.0. The fourth-order valence-electron chi connectivity index (χ4n) is 2.83. The topological polar surface area (TPSA) is 87.5 Å². The van der Waals surface area contributed by atoms with Gasteiger partial charge in [0, 0.05) is 19.6 Å². The number of aliphatic hydroxyl groups excluding tert-OH is 1. The number of amides is 1. The summed E-state index contributed by atoms with van der Waals surface area (Å²) in [4.78, 5) is 31.8. The molecule has 1 heterocycles. The summed E-state index contributed by atoms with van der Waals surface area (Å²) >= 11 is 0. The van der Waals surface area contributed by atoms with E-state index in [9.17, 15) is 14.7 Å². The van der Waals surface area contributed by atoms with Crippen LogP contribution in [0.2, 0.25) is 0 Å². The van der Waals surface area contributed by atoms with Crippen LogP contribution < -0.4 is 10.9 Å². The summed E-state index contributed by atoms with van der Waals surface area (Å²) in [5.74, 6) is -0.466. The van der Waals surface area contributed by atoms with Crippen LogP contribution in [0, 0.1) is 13.8 Å². The number of nitrogens with one attached hydrogen (secondary N) is 1. The first-order valence-corrected chi connectivity index (χ1v) is 9.37. The SMILES string of the molecule is CCC(O)CCn1c(=O)c(C(=O)NCCN(C)C)nc2cc(C)c(C)cc21. The zero-order valence-corrected chi connectivity index (χ0v) is 16.9. The molecular formula is C20H30N4O3. The third-order valence-electron chi connectivity index (χ3n) is 4.78. The van der Waals surface area contributed by atoms with Gasteiger partial charge in [-0.1, -0.05) is 6.92 Å². The van der Waals surface area contributed by atoms with Gasteiger partial charge in [-0.3, -0.25) is 9.59 Å². The van der Waals surface area contributed by atoms with Gasteiger partial charge in [0.2, 0.25) is 0 Å². The molecule has 1 unspecified atom stereocenters. The van der Waals surface area contributed by atoms with E-state index < -0.39 is 17.6 Å². The largest absolute Gasteiger partial charge is 0.393 e. The molecule has 0 saturated heterocycles. The standard InChI is InChI=1S/C20H30N4O3/c1-6-15(25)7-9-24-17-12-14(3)13(2)11-16(17)22-18(20(24)27)19(26)21-8-10-23(4)5/h11-12,15,25H,6-10H2,1-5H3,(H,21,26). The highest BCUT2D eigenvalue weighted by molar-refractivity contribution is 5.94. The van der Waals surface area contributed by atoms with Crippen molar-refractivity contribution in [2.24, 2.45) is 0 Å². The Balaban J connectivity index is 2.48. The number of nitrogens with zero attached hydrogens (tertiary/aromatic N) is 3. The predicted octanol–water partition coefficient (Wildman–Crippen LogP) is 1.47. The highest BCUT2D eigenvalue weighted by atomic mass is 16.3. The summed E-state index contributed by atoms with van der Waals surface area (Å²) < 4.78 is 1.56. The molecule has 7 nitrogen and oxygen atoms in total. The molecule has 0 bridgehead atoms. The van der Waals surface area contributed by atoms with E-state index in [-0.39, 0.29) is 5.69 Å². The van der Waals surface area contributed by atoms with Crippen molar-refractivity contribution < 1.29 is 9.90 Å². The van der Waals surface area contributed by atoms with Gasteiger partial charge in [0.15, 0.2) is 5.69 Å². The van der Waals surface area contributed by atoms with Gasteiger partial charge < -0.3 is 19.9 Å². The molecule has 0 spiro atoms. The summed E-state index contributed by atoms with van der Waals surface area (Å²) in [5.41, 5.74) is 2.88. The molecule has 2 rings (SSSR count). The summed E-state index contributed by atoms with van der Waals surface area (Å²) in [7, 11) is 3.83. The number of hydrogen-bond donors (Lipinski definition) is 2. The summed E-state index contributed by atoms with van der Waals surface area (Å²) in [6.45, 7) is 7.31. The Labute approximate surface area is 160 Å². The Morgan fingerprint density at radius 3 is 2.59 bits per heavy atom. The minimum absolute atomic E-state index is 0.101. The van der Waals surface area contributed by atoms with Crippen molar-refractivity contribution in [1.29, 1.82) is 0 Å². The zero-order chi connectivity index (χ0) is 20.1. The average molecular weight is 374 g/mol. The second-order valence-corrected chi connectivity index (χ2v) is 7.25. The number of fused-ring (bicyclic) bond motifs is 1. The molecule has 2 aromatic rings. The monoisotopic (exact) mass is 374 g/mol. The van der Waals surface area contributed by atoms with E-state index in [1.54, 1.807) is 4.57 Å². The second kappa shape index (κ2) is 9.10. The first-order chi connectivity index (χ1) is 12.7. The van der Waals surface area contributed by atoms with Crippen LogP contribution in [0.5, 0.6) is 0 Å². The maximum Gasteiger partial charge on any atom is 0.282 e. The number of benzene rings is 1. The number of carbonyl (C=O) groups excluding carboxylic acids is 1. The van der Waals surface area contributed by atoms with Crippen LogP contribution in [0.1, 0.15) is 41.4 Å². The van der Waals surface area contributed by atoms with E-state index >= 15 is 0 Å². The Bertz CT molecular complexity index is 874. The molecule has 0 aliphatic heterocycles. The van der Waals surface area contributed by atoms with Crippen molar-refractivity contribution in [1.82, 2.24) is 19.8 Å². The van der Waals surface area contributed by atoms with Gasteiger partial charge in [-0.2, -0.15) is 0 Å². The maximum absolute atomic E-state index is 13.0. The van der Waals surface area contributed by atoms with Crippen molar-refractivity contribution in [3.63, 3.8) is 0 Å². The molecule has 1 amide bonds. The molecule has 7 heteroatoms. The fourth-order valence-corrected chi connectivity index (χ4v) is 2.83. The molecule has 2 N–H and O–H groups in total. The first kappa shape index (κ1) is 21.1. The van der Waals surface area contributed by atoms with E-state index in [0.717, 1.165) is 11.1 Å². The molecule has 0 saturated carbocycles. The van der Waals surface area contributed by atoms with Crippen LogP contribution in [-0.2, 0) is 6.54 Å². The van der Waals surface area contributed by atoms with Crippen LogP contribution in [0.3, 0.4) is 0 Å². The number of carbonyl (C=O) groups is 1. The van der Waals surface area contributed by atoms with Crippen LogP contribution in [0.15, 0.2) is 16.9 Å². The summed E-state index contributed by atoms with van der Waals surface area (Å²) in [6.07, 6.45) is 0.585. The van der Waals surface area contributed by atoms with Crippen molar-refractivity contribution in [2.45, 2.75) is 46.3 Å². The van der Waals surface area contributed by atoms with Gasteiger partial charge in [0.1, 0.15) is 0 Å². The van der Waals surface area contributed by atoms with Crippen LogP contribution in [0.4, 0.5) is 0 Å². The lowest BCUT2D eigenvalue weighted by atomic mass is 10.1. The molecular weight excluding hydrogens is 344 g/mol. The number of aryl methyl sites for hydroxylation is 3. The minimum atomic E-state index is -0.482. The smallest absolute Gasteiger partial charge is 0.282 e. The number of likely N-dealkylation sites (N-methyl/N-ethyl adjacent to an activating group) is 1. The number of aliphatic hydroxyl groups is 1. The van der Waals surface area contributed by atoms with Gasteiger partial charge in [0.05, 0.1) is 17.1 Å². The van der Waals surface area contributed by atoms with Crippen LogP contribution in [0.25, 0.3) is 11.0 Å². The van der Waals surface area contributed by atoms with Crippen LogP contribution in [-0.4, -0.2) is 58.8 Å². The lowest BCUT2D eigenvalue weighted by Crippen LogP contribution is -2.37. The van der Waals surface area contributed by atoms with Crippen LogP contribution >= 0.6 is 0 Å². The summed E-state index contributed by atoms with van der Waals surface area (Å²) in [6, 6.07) is 3.82. The average Bonchev–Trinajstić information content (AvgIpc) is 2.61. The molecule has 0 aliphatic rings. The third kappa shape index (κ3) is 5.14. The molecule has 1 aromatic heterocycles. The van der Waals surface area contributed by atoms with Crippen molar-refractivity contribution in [2.75, 3.05) is 27.2 Å². The van der Waals surface area contributed by atoms with Crippen molar-refractivity contribution >= 4 is 16.9 Å². The van der Waals surface area contributed by atoms with E-state index in [4.69, 9.17) is 0 Å². The van der Waals surface area contributed by atoms with E-state index in [2.05, 4.69) is 10.3 Å². The molecule has 27 heavy (non-hydrogen) atoms. The van der Waals surface area contributed by atoms with Gasteiger partial charge in [0.25, 0.3) is 11.5 Å². The molecule has 0 fully saturated rings. The highest BCUT2D eigenvalue weighted by Gasteiger charge is 2.18. The Morgan fingerprint density at radius 2 is 1.96 bits per heavy atom. The fraction of sp³-hybridized carbons (Fsp3) is 0.550. The zero-order valence-electron chi connectivity index (χ0n) is 16.9. The first-order valence-electron chi connectivity index (χ1n) is 9.37. The van der Waals surface area contributed by atoms with Crippen molar-refractivity contribution in [3.05, 3.63) is 39.3 Å². The lowest BCUT2D eigenvalue weighted by Gasteiger charge is -2.16. The quantitative estimate of drug-likeness (QED) is 0.731. The van der Waals surface area contributed by atoms with Crippen molar-refractivity contribution in [3.8, 4) is 0 Å². The highest BCUT2D eigenvalue weighted by Crippen LogP contribution is 2.18. The summed E-state index contributed by atoms with van der Waals surface area (Å²) in [5, 5.41) is 12.7. The molecule has 0 aliphatic carbocycles.